The minimum atomic E-state index is -0.600. The molecule has 0 radical (unpaired) electrons. The van der Waals surface area contributed by atoms with Crippen molar-refractivity contribution in [3.05, 3.63) is 35.9 Å². The second kappa shape index (κ2) is 6.78. The van der Waals surface area contributed by atoms with Crippen molar-refractivity contribution in [1.29, 1.82) is 0 Å². The summed E-state index contributed by atoms with van der Waals surface area (Å²) in [5, 5.41) is 1.06. The molecule has 0 amide bonds. The summed E-state index contributed by atoms with van der Waals surface area (Å²) in [5.74, 6) is -0.617. The highest BCUT2D eigenvalue weighted by Crippen LogP contribution is 2.38. The Hall–Kier alpha value is -2.30. The molecule has 0 atom stereocenters. The first-order chi connectivity index (χ1) is 12.5. The Balaban J connectivity index is 1.75. The van der Waals surface area contributed by atoms with E-state index in [1.54, 1.807) is 24.3 Å². The quantitative estimate of drug-likeness (QED) is 0.541. The molecule has 3 nitrogen and oxygen atoms in total. The van der Waals surface area contributed by atoms with Gasteiger partial charge in [0.15, 0.2) is 22.7 Å². The molecule has 0 bridgehead atoms. The molecule has 1 aromatic heterocycles. The van der Waals surface area contributed by atoms with Crippen LogP contribution in [0, 0.1) is 17.6 Å². The fraction of sp³-hybridized carbons (Fsp3) is 0.429. The summed E-state index contributed by atoms with van der Waals surface area (Å²) in [6.45, 7) is 4.37. The molecule has 1 heterocycles. The second-order valence-electron chi connectivity index (χ2n) is 7.34. The van der Waals surface area contributed by atoms with Crippen LogP contribution in [0.4, 0.5) is 8.78 Å². The average molecular weight is 360 g/mol. The van der Waals surface area contributed by atoms with E-state index in [-0.39, 0.29) is 34.7 Å². The van der Waals surface area contributed by atoms with Crippen LogP contribution in [0.5, 0.6) is 11.5 Å². The molecule has 1 aliphatic rings. The summed E-state index contributed by atoms with van der Waals surface area (Å²) in [6, 6.07) is 6.60. The zero-order valence-electron chi connectivity index (χ0n) is 15.0. The van der Waals surface area contributed by atoms with Gasteiger partial charge in [0.25, 0.3) is 0 Å². The van der Waals surface area contributed by atoms with Crippen molar-refractivity contribution < 1.29 is 22.7 Å². The zero-order chi connectivity index (χ0) is 18.3. The summed E-state index contributed by atoms with van der Waals surface area (Å²) < 4.78 is 46.4. The lowest BCUT2D eigenvalue weighted by molar-refractivity contribution is 0.201. The Morgan fingerprint density at radius 2 is 1.54 bits per heavy atom. The van der Waals surface area contributed by atoms with Gasteiger partial charge in [-0.15, -0.1) is 0 Å². The summed E-state index contributed by atoms with van der Waals surface area (Å²) in [4.78, 5) is 0. The molecule has 1 fully saturated rings. The molecular weight excluding hydrogens is 338 g/mol. The Bertz CT molecular complexity index is 939. The average Bonchev–Trinajstić information content (AvgIpc) is 3.25. The summed E-state index contributed by atoms with van der Waals surface area (Å²) in [7, 11) is 0. The molecule has 4 rings (SSSR count). The normalized spacial score (nSPS) is 15.4. The molecule has 0 N–H and O–H groups in total. The van der Waals surface area contributed by atoms with Crippen LogP contribution in [0.1, 0.15) is 39.5 Å². The van der Waals surface area contributed by atoms with Gasteiger partial charge in [0.2, 0.25) is 11.6 Å². The van der Waals surface area contributed by atoms with Gasteiger partial charge in [-0.05, 0) is 55.9 Å². The zero-order valence-corrected chi connectivity index (χ0v) is 15.0. The van der Waals surface area contributed by atoms with Crippen LogP contribution in [0.25, 0.3) is 21.9 Å². The third-order valence-electron chi connectivity index (χ3n) is 4.79. The van der Waals surface area contributed by atoms with Crippen LogP contribution in [0.2, 0.25) is 0 Å². The Morgan fingerprint density at radius 1 is 0.962 bits per heavy atom. The highest BCUT2D eigenvalue weighted by atomic mass is 19.1. The number of fused-ring (bicyclic) bond motifs is 3. The third kappa shape index (κ3) is 3.00. The molecule has 3 aromatic rings. The largest absolute Gasteiger partial charge is 0.490 e. The Morgan fingerprint density at radius 3 is 2.15 bits per heavy atom. The maximum Gasteiger partial charge on any atom is 0.208 e. The number of furan rings is 1. The first kappa shape index (κ1) is 17.1. The minimum Gasteiger partial charge on any atom is -0.490 e. The first-order valence-electron chi connectivity index (χ1n) is 9.17. The van der Waals surface area contributed by atoms with Crippen molar-refractivity contribution in [2.75, 3.05) is 6.61 Å². The van der Waals surface area contributed by atoms with E-state index in [2.05, 4.69) is 0 Å². The van der Waals surface area contributed by atoms with Gasteiger partial charge in [-0.2, -0.15) is 8.78 Å². The fourth-order valence-electron chi connectivity index (χ4n) is 3.45. The van der Waals surface area contributed by atoms with Crippen LogP contribution in [0.3, 0.4) is 0 Å². The van der Waals surface area contributed by atoms with Crippen molar-refractivity contribution in [2.45, 2.75) is 45.6 Å². The predicted molar refractivity (Wildman–Crippen MR) is 96.9 cm³/mol. The van der Waals surface area contributed by atoms with Crippen molar-refractivity contribution in [2.24, 2.45) is 5.92 Å². The molecule has 26 heavy (non-hydrogen) atoms. The Kier molecular flexibility index (Phi) is 4.47. The van der Waals surface area contributed by atoms with E-state index >= 15 is 0 Å². The van der Waals surface area contributed by atoms with Crippen LogP contribution in [0.15, 0.2) is 28.7 Å². The molecule has 0 saturated heterocycles. The van der Waals surface area contributed by atoms with Gasteiger partial charge >= 0.3 is 0 Å². The van der Waals surface area contributed by atoms with E-state index in [1.165, 1.54) is 0 Å². The van der Waals surface area contributed by atoms with Crippen LogP contribution in [-0.4, -0.2) is 12.7 Å². The summed E-state index contributed by atoms with van der Waals surface area (Å²) in [6.07, 6.45) is 4.11. The molecule has 1 saturated carbocycles. The molecule has 5 heteroatoms. The number of hydrogen-bond acceptors (Lipinski definition) is 3. The van der Waals surface area contributed by atoms with Crippen molar-refractivity contribution >= 4 is 21.9 Å². The van der Waals surface area contributed by atoms with Gasteiger partial charge in [0, 0.05) is 10.8 Å². The van der Waals surface area contributed by atoms with Gasteiger partial charge in [-0.1, -0.05) is 13.8 Å². The Labute approximate surface area is 150 Å². The highest BCUT2D eigenvalue weighted by molar-refractivity contribution is 6.06. The fourth-order valence-corrected chi connectivity index (χ4v) is 3.45. The van der Waals surface area contributed by atoms with Crippen molar-refractivity contribution in [3.8, 4) is 11.5 Å². The topological polar surface area (TPSA) is 31.6 Å². The predicted octanol–water partition coefficient (Wildman–Crippen LogP) is 6.22. The van der Waals surface area contributed by atoms with E-state index in [0.717, 1.165) is 25.7 Å². The number of benzene rings is 2. The van der Waals surface area contributed by atoms with Gasteiger partial charge in [0.1, 0.15) is 0 Å². The SMILES string of the molecule is CC(C)COc1ccc2c(oc3c(F)c(OC4CCCC4)ccc32)c1F. The molecule has 1 aliphatic carbocycles. The van der Waals surface area contributed by atoms with Gasteiger partial charge < -0.3 is 13.9 Å². The molecule has 2 aromatic carbocycles. The summed E-state index contributed by atoms with van der Waals surface area (Å²) in [5.41, 5.74) is 0.0357. The van der Waals surface area contributed by atoms with Gasteiger partial charge in [-0.25, -0.2) is 0 Å². The third-order valence-corrected chi connectivity index (χ3v) is 4.79. The number of rotatable bonds is 5. The standard InChI is InChI=1S/C21H22F2O3/c1-12(2)11-24-16-9-7-14-15-8-10-17(25-13-5-3-4-6-13)19(23)21(15)26-20(14)18(16)22/h7-10,12-13H,3-6,11H2,1-2H3. The number of halogens is 2. The van der Waals surface area contributed by atoms with E-state index in [4.69, 9.17) is 13.9 Å². The second-order valence-corrected chi connectivity index (χ2v) is 7.34. The summed E-state index contributed by atoms with van der Waals surface area (Å²) >= 11 is 0. The molecule has 138 valence electrons. The highest BCUT2D eigenvalue weighted by Gasteiger charge is 2.23. The van der Waals surface area contributed by atoms with E-state index in [9.17, 15) is 8.78 Å². The van der Waals surface area contributed by atoms with Gasteiger partial charge in [0.05, 0.1) is 12.7 Å². The maximum absolute atomic E-state index is 14.9. The molecule has 0 unspecified atom stereocenters. The smallest absolute Gasteiger partial charge is 0.208 e. The lowest BCUT2D eigenvalue weighted by Gasteiger charge is -2.13. The minimum absolute atomic E-state index is 0.0122. The maximum atomic E-state index is 14.9. The lowest BCUT2D eigenvalue weighted by Crippen LogP contribution is -2.11. The van der Waals surface area contributed by atoms with E-state index < -0.39 is 11.6 Å². The molecular formula is C21H22F2O3. The van der Waals surface area contributed by atoms with E-state index in [0.29, 0.717) is 17.4 Å². The van der Waals surface area contributed by atoms with E-state index in [1.807, 2.05) is 13.8 Å². The van der Waals surface area contributed by atoms with Crippen LogP contribution in [-0.2, 0) is 0 Å². The number of ether oxygens (including phenoxy) is 2. The lowest BCUT2D eigenvalue weighted by atomic mass is 10.1. The van der Waals surface area contributed by atoms with Crippen LogP contribution >= 0.6 is 0 Å². The first-order valence-corrected chi connectivity index (χ1v) is 9.17. The number of hydrogen-bond donors (Lipinski definition) is 0. The molecule has 0 spiro atoms. The van der Waals surface area contributed by atoms with Gasteiger partial charge in [-0.3, -0.25) is 0 Å². The van der Waals surface area contributed by atoms with Crippen LogP contribution < -0.4 is 9.47 Å². The molecule has 0 aliphatic heterocycles. The van der Waals surface area contributed by atoms with Crippen molar-refractivity contribution in [1.82, 2.24) is 0 Å². The van der Waals surface area contributed by atoms with Crippen molar-refractivity contribution in [3.63, 3.8) is 0 Å². The monoisotopic (exact) mass is 360 g/mol.